The predicted octanol–water partition coefficient (Wildman–Crippen LogP) is 11.7. The molecule has 18 atom stereocenters. The van der Waals surface area contributed by atoms with Gasteiger partial charge in [0.1, 0.15) is 11.6 Å². The number of ketones is 2. The van der Waals surface area contributed by atoms with Crippen LogP contribution in [0.4, 0.5) is 0 Å². The van der Waals surface area contributed by atoms with Crippen LogP contribution in [-0.2, 0) is 32.7 Å². The van der Waals surface area contributed by atoms with E-state index in [9.17, 15) is 24.9 Å². The summed E-state index contributed by atoms with van der Waals surface area (Å²) in [6.07, 6.45) is 1.01. The van der Waals surface area contributed by atoms with Gasteiger partial charge in [0, 0.05) is 66.3 Å². The van der Waals surface area contributed by atoms with Gasteiger partial charge in [-0.3, -0.25) is 9.59 Å². The lowest BCUT2D eigenvalue weighted by Gasteiger charge is -2.69. The minimum absolute atomic E-state index is 0.0483. The standard InChI is InChI=1S/C30H52O5Si.C29H50O5Si/c1-12-36(13-2,14-3)35-21-16-30(32)20(6)25-28(9)17-34-22(28)15-23(33-11)29(25,10)26(31)19(5)24(18(21)4)27(30,7)8;1-11-35(12-2,13-3)34-20-15-29(32)19(6)24-27(9)16-33-22(27)14-21(30)28(24,10)25(31)18(5)23(17(20)4)26(29,7)8/h19-23,25,32H,12-17H2,1-11H3;18-22,24,30,32H,11-16H2,1-10H3/t19-,20+,21+,22-,23+,25?,28-,29-,30-;18-,19+,20+,21+,22-,24?,27-,28-,29-/m11/s1. The lowest BCUT2D eigenvalue weighted by molar-refractivity contribution is -0.303. The van der Waals surface area contributed by atoms with Crippen molar-refractivity contribution in [3.05, 3.63) is 22.3 Å². The highest BCUT2D eigenvalue weighted by Crippen LogP contribution is 2.70. The van der Waals surface area contributed by atoms with Crippen molar-refractivity contribution < 1.29 is 48.0 Å². The highest BCUT2D eigenvalue weighted by atomic mass is 28.4. The molecule has 0 aromatic heterocycles. The average molecular weight is 1030 g/mol. The molecule has 4 saturated carbocycles. The van der Waals surface area contributed by atoms with Crippen LogP contribution < -0.4 is 0 Å². The van der Waals surface area contributed by atoms with Gasteiger partial charge in [0.15, 0.2) is 16.6 Å². The monoisotopic (exact) mass is 1030 g/mol. The number of Topliss-reactive ketones (excluding diaryl/α,β-unsaturated/α-hetero) is 2. The van der Waals surface area contributed by atoms with E-state index in [4.69, 9.17) is 23.1 Å². The molecule has 2 aliphatic heterocycles. The van der Waals surface area contributed by atoms with Gasteiger partial charge in [0.2, 0.25) is 0 Å². The van der Waals surface area contributed by atoms with Crippen molar-refractivity contribution in [2.24, 2.45) is 68.0 Å². The molecular formula is C59H102O10Si2. The Balaban J connectivity index is 0.000000209. The molecule has 0 aromatic rings. The second-order valence-electron chi connectivity index (χ2n) is 27.0. The van der Waals surface area contributed by atoms with Crippen LogP contribution in [0.25, 0.3) is 0 Å². The van der Waals surface area contributed by atoms with E-state index in [-0.39, 0.29) is 88.4 Å². The van der Waals surface area contributed by atoms with E-state index in [0.29, 0.717) is 32.5 Å². The first-order valence-electron chi connectivity index (χ1n) is 28.5. The van der Waals surface area contributed by atoms with Gasteiger partial charge < -0.3 is 38.4 Å². The molecule has 8 rings (SSSR count). The zero-order chi connectivity index (χ0) is 53.4. The molecule has 8 aliphatic rings. The van der Waals surface area contributed by atoms with Gasteiger partial charge in [-0.05, 0) is 98.8 Å². The van der Waals surface area contributed by atoms with Crippen molar-refractivity contribution >= 4 is 28.2 Å². The maximum Gasteiger partial charge on any atom is 0.192 e. The zero-order valence-corrected chi connectivity index (χ0v) is 50.6. The second kappa shape index (κ2) is 18.8. The Morgan fingerprint density at radius 2 is 0.915 bits per heavy atom. The summed E-state index contributed by atoms with van der Waals surface area (Å²) in [6, 6.07) is 6.35. The lowest BCUT2D eigenvalue weighted by atomic mass is 9.40. The number of hydrogen-bond donors (Lipinski definition) is 3. The smallest absolute Gasteiger partial charge is 0.192 e. The summed E-state index contributed by atoms with van der Waals surface area (Å²) in [5.74, 6) is -0.886. The van der Waals surface area contributed by atoms with E-state index in [1.54, 1.807) is 7.11 Å². The highest BCUT2D eigenvalue weighted by molar-refractivity contribution is 6.74. The van der Waals surface area contributed by atoms with Crippen LogP contribution in [0, 0.1) is 68.0 Å². The molecule has 2 heterocycles. The maximum absolute atomic E-state index is 14.7. The molecule has 0 amide bonds. The van der Waals surface area contributed by atoms with Crippen molar-refractivity contribution in [3.63, 3.8) is 0 Å². The summed E-state index contributed by atoms with van der Waals surface area (Å²) in [5.41, 5.74) is -0.803. The summed E-state index contributed by atoms with van der Waals surface area (Å²) >= 11 is 0. The third-order valence-corrected chi connectivity index (χ3v) is 33.4. The molecule has 2 unspecified atom stereocenters. The number of carbonyl (C=O) groups excluding carboxylic acids is 2. The Hall–Kier alpha value is -1.07. The third-order valence-electron chi connectivity index (χ3n) is 24.1. The minimum Gasteiger partial charge on any atom is -0.410 e. The molecule has 0 radical (unpaired) electrons. The van der Waals surface area contributed by atoms with E-state index in [0.717, 1.165) is 59.4 Å². The SMILES string of the molecule is CC[Si](CC)(CC)O[C@H]1C[C@@]2(O)[C@@H](C)C3[C@]4(C)CO[C@@H]4C[C@H](O)[C@@]3(C)C(=O)[C@H](C)C(=C1C)C2(C)C.CC[Si](CC)(CC)O[C@H]1C[C@@]2(O)[C@@H](C)C3[C@]4(C)CO[C@@H]4C[C@H](OC)[C@@]3(C)C(=O)[C@H](C)C(=C1C)C2(C)C. The van der Waals surface area contributed by atoms with Crippen molar-refractivity contribution in [2.75, 3.05) is 20.3 Å². The first kappa shape index (κ1) is 57.6. The minimum atomic E-state index is -1.94. The fourth-order valence-electron chi connectivity index (χ4n) is 19.1. The molecule has 3 N–H and O–H groups in total. The van der Waals surface area contributed by atoms with Crippen molar-refractivity contribution in [1.29, 1.82) is 0 Å². The summed E-state index contributed by atoms with van der Waals surface area (Å²) in [6.45, 7) is 44.6. The van der Waals surface area contributed by atoms with Crippen LogP contribution in [-0.4, -0.2) is 112 Å². The maximum atomic E-state index is 14.7. The van der Waals surface area contributed by atoms with E-state index in [1.165, 1.54) is 5.57 Å². The topological polar surface area (TPSA) is 141 Å². The molecule has 6 aliphatic carbocycles. The number of hydrogen-bond acceptors (Lipinski definition) is 10. The Morgan fingerprint density at radius 1 is 0.577 bits per heavy atom. The molecule has 10 nitrogen and oxygen atoms in total. The summed E-state index contributed by atoms with van der Waals surface area (Å²) < 4.78 is 32.3. The van der Waals surface area contributed by atoms with Crippen LogP contribution in [0.15, 0.2) is 22.3 Å². The average Bonchev–Trinajstić information content (AvgIpc) is 3.32. The molecule has 71 heavy (non-hydrogen) atoms. The number of rotatable bonds is 11. The molecule has 406 valence electrons. The van der Waals surface area contributed by atoms with E-state index < -0.39 is 55.6 Å². The van der Waals surface area contributed by atoms with Gasteiger partial charge in [0.25, 0.3) is 0 Å². The van der Waals surface area contributed by atoms with Crippen LogP contribution in [0.1, 0.15) is 164 Å². The zero-order valence-electron chi connectivity index (χ0n) is 48.6. The van der Waals surface area contributed by atoms with Crippen molar-refractivity contribution in [1.82, 2.24) is 0 Å². The van der Waals surface area contributed by atoms with Gasteiger partial charge in [-0.25, -0.2) is 0 Å². The predicted molar refractivity (Wildman–Crippen MR) is 288 cm³/mol. The Morgan fingerprint density at radius 3 is 1.24 bits per heavy atom. The summed E-state index contributed by atoms with van der Waals surface area (Å²) in [5, 5.41) is 37.3. The lowest BCUT2D eigenvalue weighted by Crippen LogP contribution is -2.74. The molecule has 12 heteroatoms. The Kier molecular flexibility index (Phi) is 15.3. The first-order valence-corrected chi connectivity index (χ1v) is 33.6. The van der Waals surface area contributed by atoms with E-state index in [1.807, 2.05) is 13.8 Å². The van der Waals surface area contributed by atoms with E-state index in [2.05, 4.69) is 125 Å². The van der Waals surface area contributed by atoms with E-state index >= 15 is 0 Å². The number of aliphatic hydroxyl groups is 3. The van der Waals surface area contributed by atoms with Crippen LogP contribution >= 0.6 is 0 Å². The molecular weight excluding hydrogens is 925 g/mol. The number of aliphatic hydroxyl groups excluding tert-OH is 1. The van der Waals surface area contributed by atoms with Crippen molar-refractivity contribution in [3.8, 4) is 0 Å². The largest absolute Gasteiger partial charge is 0.410 e. The number of methoxy groups -OCH3 is 1. The molecule has 2 saturated heterocycles. The van der Waals surface area contributed by atoms with Gasteiger partial charge in [-0.2, -0.15) is 0 Å². The van der Waals surface area contributed by atoms with Gasteiger partial charge >= 0.3 is 0 Å². The van der Waals surface area contributed by atoms with Crippen LogP contribution in [0.2, 0.25) is 36.3 Å². The van der Waals surface area contributed by atoms with Gasteiger partial charge in [0.05, 0.1) is 71.9 Å². The third kappa shape index (κ3) is 7.65. The summed E-state index contributed by atoms with van der Waals surface area (Å²) in [4.78, 5) is 29.2. The van der Waals surface area contributed by atoms with Crippen LogP contribution in [0.3, 0.4) is 0 Å². The highest BCUT2D eigenvalue weighted by Gasteiger charge is 2.74. The fourth-order valence-corrected chi connectivity index (χ4v) is 24.8. The van der Waals surface area contributed by atoms with Crippen molar-refractivity contribution in [2.45, 2.75) is 248 Å². The number of fused-ring (bicyclic) bond motifs is 10. The number of carbonyl (C=O) groups is 2. The first-order chi connectivity index (χ1) is 32.8. The van der Waals surface area contributed by atoms with Gasteiger partial charge in [-0.1, -0.05) is 122 Å². The summed E-state index contributed by atoms with van der Waals surface area (Å²) in [7, 11) is -2.14. The normalized spacial score (nSPS) is 46.9. The molecule has 6 fully saturated rings. The van der Waals surface area contributed by atoms with Gasteiger partial charge in [-0.15, -0.1) is 0 Å². The molecule has 0 spiro atoms. The Bertz CT molecular complexity index is 2110. The second-order valence-corrected chi connectivity index (χ2v) is 36.4. The van der Waals surface area contributed by atoms with Crippen LogP contribution in [0.5, 0.6) is 0 Å². The molecule has 4 bridgehead atoms. The fraction of sp³-hybridized carbons (Fsp3) is 0.898. The molecule has 0 aromatic carbocycles. The quantitative estimate of drug-likeness (QED) is 0.135. The number of ether oxygens (including phenoxy) is 3. The Labute approximate surface area is 433 Å².